The second-order valence-electron chi connectivity index (χ2n) is 6.20. The van der Waals surface area contributed by atoms with Gasteiger partial charge in [0.2, 0.25) is 0 Å². The van der Waals surface area contributed by atoms with Gasteiger partial charge in [0.25, 0.3) is 0 Å². The van der Waals surface area contributed by atoms with E-state index in [0.29, 0.717) is 0 Å². The number of benzene rings is 3. The number of nitrogens with one attached hydrogen (secondary N) is 1. The molecular formula is C22H21Cl2NS. The second kappa shape index (κ2) is 8.96. The van der Waals surface area contributed by atoms with Gasteiger partial charge in [0, 0.05) is 33.1 Å². The first-order valence-corrected chi connectivity index (χ1v) is 10.5. The fourth-order valence-electron chi connectivity index (χ4n) is 2.84. The summed E-state index contributed by atoms with van der Waals surface area (Å²) in [5.41, 5.74) is 4.58. The summed E-state index contributed by atoms with van der Waals surface area (Å²) in [7, 11) is 0. The molecule has 26 heavy (non-hydrogen) atoms. The predicted octanol–water partition coefficient (Wildman–Crippen LogP) is 7.23. The van der Waals surface area contributed by atoms with Crippen LogP contribution in [0.3, 0.4) is 0 Å². The number of rotatable bonds is 6. The SMILES string of the molecule is CSc1ccc(-c2cc(CN[C@H](C)c3cccc(Cl)c3)ccc2Cl)cc1. The molecular weight excluding hydrogens is 381 g/mol. The normalized spacial score (nSPS) is 12.2. The lowest BCUT2D eigenvalue weighted by atomic mass is 10.0. The molecule has 134 valence electrons. The van der Waals surface area contributed by atoms with E-state index in [2.05, 4.69) is 61.0 Å². The van der Waals surface area contributed by atoms with Gasteiger partial charge in [0.15, 0.2) is 0 Å². The van der Waals surface area contributed by atoms with Crippen LogP contribution in [0.1, 0.15) is 24.1 Å². The van der Waals surface area contributed by atoms with Crippen LogP contribution in [0, 0.1) is 0 Å². The lowest BCUT2D eigenvalue weighted by Gasteiger charge is -2.15. The summed E-state index contributed by atoms with van der Waals surface area (Å²) < 4.78 is 0. The van der Waals surface area contributed by atoms with E-state index in [1.807, 2.05) is 24.3 Å². The molecule has 0 spiro atoms. The van der Waals surface area contributed by atoms with Gasteiger partial charge in [-0.2, -0.15) is 0 Å². The Kier molecular flexibility index (Phi) is 6.66. The summed E-state index contributed by atoms with van der Waals surface area (Å²) in [6, 6.07) is 22.9. The molecule has 3 aromatic rings. The lowest BCUT2D eigenvalue weighted by Crippen LogP contribution is -2.18. The average Bonchev–Trinajstić information content (AvgIpc) is 2.67. The predicted molar refractivity (Wildman–Crippen MR) is 115 cm³/mol. The van der Waals surface area contributed by atoms with Crippen molar-refractivity contribution in [1.82, 2.24) is 5.32 Å². The summed E-state index contributed by atoms with van der Waals surface area (Å²) >= 11 is 14.3. The minimum Gasteiger partial charge on any atom is -0.306 e. The van der Waals surface area contributed by atoms with Gasteiger partial charge in [0.05, 0.1) is 0 Å². The first-order chi connectivity index (χ1) is 12.6. The highest BCUT2D eigenvalue weighted by Gasteiger charge is 2.08. The molecule has 0 fully saturated rings. The minimum atomic E-state index is 0.216. The molecule has 0 aromatic heterocycles. The molecule has 0 aliphatic carbocycles. The van der Waals surface area contributed by atoms with E-state index in [9.17, 15) is 0 Å². The third kappa shape index (κ3) is 4.83. The Morgan fingerprint density at radius 1 is 0.962 bits per heavy atom. The summed E-state index contributed by atoms with van der Waals surface area (Å²) in [5.74, 6) is 0. The molecule has 0 bridgehead atoms. The summed E-state index contributed by atoms with van der Waals surface area (Å²) in [6.45, 7) is 2.91. The number of halogens is 2. The Balaban J connectivity index is 1.74. The van der Waals surface area contributed by atoms with Crippen LogP contribution in [0.2, 0.25) is 10.0 Å². The maximum Gasteiger partial charge on any atom is 0.0484 e. The zero-order chi connectivity index (χ0) is 18.5. The van der Waals surface area contributed by atoms with Crippen LogP contribution in [0.15, 0.2) is 71.6 Å². The van der Waals surface area contributed by atoms with Crippen molar-refractivity contribution in [1.29, 1.82) is 0 Å². The van der Waals surface area contributed by atoms with Crippen LogP contribution in [-0.2, 0) is 6.54 Å². The van der Waals surface area contributed by atoms with Crippen LogP contribution in [-0.4, -0.2) is 6.26 Å². The molecule has 3 aromatic carbocycles. The minimum absolute atomic E-state index is 0.216. The molecule has 0 saturated heterocycles. The quantitative estimate of drug-likeness (QED) is 0.437. The Labute approximate surface area is 169 Å². The number of hydrogen-bond acceptors (Lipinski definition) is 2. The standard InChI is InChI=1S/C22H21Cl2NS/c1-15(18-4-3-5-19(23)13-18)25-14-16-6-11-22(24)21(12-16)17-7-9-20(26-2)10-8-17/h3-13,15,25H,14H2,1-2H3/t15-/m1/s1. The van der Waals surface area contributed by atoms with Crippen molar-refractivity contribution in [2.75, 3.05) is 6.26 Å². The molecule has 0 radical (unpaired) electrons. The Hall–Kier alpha value is -1.45. The van der Waals surface area contributed by atoms with Crippen molar-refractivity contribution in [2.24, 2.45) is 0 Å². The molecule has 1 N–H and O–H groups in total. The van der Waals surface area contributed by atoms with Gasteiger partial charge in [-0.15, -0.1) is 11.8 Å². The van der Waals surface area contributed by atoms with Crippen LogP contribution in [0.25, 0.3) is 11.1 Å². The zero-order valence-electron chi connectivity index (χ0n) is 14.8. The van der Waals surface area contributed by atoms with Gasteiger partial charge in [-0.3, -0.25) is 0 Å². The van der Waals surface area contributed by atoms with Gasteiger partial charge in [-0.1, -0.05) is 53.5 Å². The Bertz CT molecular complexity index is 878. The van der Waals surface area contributed by atoms with Gasteiger partial charge < -0.3 is 5.32 Å². The molecule has 0 heterocycles. The van der Waals surface area contributed by atoms with E-state index in [1.54, 1.807) is 11.8 Å². The van der Waals surface area contributed by atoms with E-state index in [1.165, 1.54) is 16.0 Å². The van der Waals surface area contributed by atoms with Crippen LogP contribution >= 0.6 is 35.0 Å². The van der Waals surface area contributed by atoms with Crippen molar-refractivity contribution in [3.05, 3.63) is 87.9 Å². The van der Waals surface area contributed by atoms with Crippen molar-refractivity contribution < 1.29 is 0 Å². The van der Waals surface area contributed by atoms with Crippen molar-refractivity contribution in [3.63, 3.8) is 0 Å². The van der Waals surface area contributed by atoms with E-state index in [0.717, 1.165) is 27.7 Å². The largest absolute Gasteiger partial charge is 0.306 e. The van der Waals surface area contributed by atoms with Crippen molar-refractivity contribution >= 4 is 35.0 Å². The molecule has 4 heteroatoms. The Morgan fingerprint density at radius 3 is 2.42 bits per heavy atom. The number of thioether (sulfide) groups is 1. The van der Waals surface area contributed by atoms with Gasteiger partial charge in [0.1, 0.15) is 0 Å². The third-order valence-corrected chi connectivity index (χ3v) is 5.70. The fourth-order valence-corrected chi connectivity index (χ4v) is 3.67. The Morgan fingerprint density at radius 2 is 1.73 bits per heavy atom. The maximum atomic E-state index is 6.44. The first-order valence-electron chi connectivity index (χ1n) is 8.48. The first kappa shape index (κ1) is 19.3. The fraction of sp³-hybridized carbons (Fsp3) is 0.182. The van der Waals surface area contributed by atoms with Crippen molar-refractivity contribution in [2.45, 2.75) is 24.4 Å². The highest BCUT2D eigenvalue weighted by atomic mass is 35.5. The topological polar surface area (TPSA) is 12.0 Å². The molecule has 0 unspecified atom stereocenters. The smallest absolute Gasteiger partial charge is 0.0484 e. The van der Waals surface area contributed by atoms with Gasteiger partial charge >= 0.3 is 0 Å². The van der Waals surface area contributed by atoms with E-state index < -0.39 is 0 Å². The molecule has 0 amide bonds. The molecule has 0 saturated carbocycles. The molecule has 3 rings (SSSR count). The van der Waals surface area contributed by atoms with Crippen LogP contribution in [0.5, 0.6) is 0 Å². The lowest BCUT2D eigenvalue weighted by molar-refractivity contribution is 0.575. The molecule has 1 nitrogen and oxygen atoms in total. The van der Waals surface area contributed by atoms with Crippen LogP contribution < -0.4 is 5.32 Å². The van der Waals surface area contributed by atoms with Gasteiger partial charge in [-0.25, -0.2) is 0 Å². The molecule has 0 aliphatic rings. The number of hydrogen-bond donors (Lipinski definition) is 1. The summed E-state index contributed by atoms with van der Waals surface area (Å²) in [5, 5.41) is 5.09. The maximum absolute atomic E-state index is 6.44. The second-order valence-corrected chi connectivity index (χ2v) is 7.92. The monoisotopic (exact) mass is 401 g/mol. The van der Waals surface area contributed by atoms with Crippen LogP contribution in [0.4, 0.5) is 0 Å². The average molecular weight is 402 g/mol. The van der Waals surface area contributed by atoms with E-state index in [4.69, 9.17) is 23.2 Å². The molecule has 0 aliphatic heterocycles. The van der Waals surface area contributed by atoms with Gasteiger partial charge in [-0.05, 0) is 66.3 Å². The van der Waals surface area contributed by atoms with Crippen molar-refractivity contribution in [3.8, 4) is 11.1 Å². The summed E-state index contributed by atoms with van der Waals surface area (Å²) in [6.07, 6.45) is 2.08. The third-order valence-electron chi connectivity index (χ3n) is 4.39. The summed E-state index contributed by atoms with van der Waals surface area (Å²) in [4.78, 5) is 1.25. The highest BCUT2D eigenvalue weighted by molar-refractivity contribution is 7.98. The molecule has 1 atom stereocenters. The van der Waals surface area contributed by atoms with E-state index in [-0.39, 0.29) is 6.04 Å². The highest BCUT2D eigenvalue weighted by Crippen LogP contribution is 2.30. The van der Waals surface area contributed by atoms with E-state index >= 15 is 0 Å². The zero-order valence-corrected chi connectivity index (χ0v) is 17.1.